The van der Waals surface area contributed by atoms with Crippen molar-refractivity contribution in [3.63, 3.8) is 0 Å². The molecule has 54 heavy (non-hydrogen) atoms. The van der Waals surface area contributed by atoms with Crippen LogP contribution in [-0.4, -0.2) is 98.1 Å². The zero-order chi connectivity index (χ0) is 37.6. The van der Waals surface area contributed by atoms with Crippen LogP contribution in [0.2, 0.25) is 0 Å². The van der Waals surface area contributed by atoms with E-state index in [0.29, 0.717) is 33.7 Å². The molecule has 0 bridgehead atoms. The molecule has 3 amide bonds. The monoisotopic (exact) mass is 731 g/mol. The summed E-state index contributed by atoms with van der Waals surface area (Å²) in [5.41, 5.74) is 14.1. The van der Waals surface area contributed by atoms with E-state index in [1.54, 1.807) is 29.2 Å². The highest BCUT2D eigenvalue weighted by atomic mass is 16.6. The van der Waals surface area contributed by atoms with E-state index in [4.69, 9.17) is 24.2 Å². The van der Waals surface area contributed by atoms with E-state index >= 15 is 0 Å². The van der Waals surface area contributed by atoms with E-state index in [2.05, 4.69) is 44.6 Å². The molecule has 1 aliphatic carbocycles. The van der Waals surface area contributed by atoms with Crippen LogP contribution >= 0.6 is 0 Å². The van der Waals surface area contributed by atoms with Gasteiger partial charge < -0.3 is 38.7 Å². The molecule has 15 heteroatoms. The minimum absolute atomic E-state index is 0.0626. The molecular weight excluding hydrogens is 694 g/mol. The van der Waals surface area contributed by atoms with E-state index < -0.39 is 17.8 Å². The number of hydrogen-bond donors (Lipinski definition) is 2. The van der Waals surface area contributed by atoms with Gasteiger partial charge in [0.25, 0.3) is 11.7 Å². The smallest absolute Gasteiger partial charge is 0.409 e. The number of aromatic amines is 1. The predicted molar refractivity (Wildman–Crippen MR) is 197 cm³/mol. The number of piperazine rings is 1. The number of aromatic nitrogens is 1. The van der Waals surface area contributed by atoms with Crippen molar-refractivity contribution in [1.82, 2.24) is 20.1 Å². The van der Waals surface area contributed by atoms with Gasteiger partial charge in [0.05, 0.1) is 36.7 Å². The molecule has 5 aromatic rings. The first-order valence-corrected chi connectivity index (χ1v) is 17.4. The Bertz CT molecular complexity index is 2220. The van der Waals surface area contributed by atoms with Gasteiger partial charge in [0, 0.05) is 55.3 Å². The van der Waals surface area contributed by atoms with Crippen molar-refractivity contribution >= 4 is 34.6 Å². The van der Waals surface area contributed by atoms with Crippen molar-refractivity contribution < 1.29 is 37.8 Å². The second-order valence-corrected chi connectivity index (χ2v) is 12.7. The third kappa shape index (κ3) is 7.22. The predicted octanol–water partition coefficient (Wildman–Crippen LogP) is 5.66. The fraction of sp³-hybridized carbons (Fsp3) is 0.282. The van der Waals surface area contributed by atoms with E-state index in [1.165, 1.54) is 18.2 Å². The van der Waals surface area contributed by atoms with Crippen LogP contribution in [0.5, 0.6) is 5.75 Å². The summed E-state index contributed by atoms with van der Waals surface area (Å²) >= 11 is 0. The number of methoxy groups -OCH3 is 1. The zero-order valence-electron chi connectivity index (χ0n) is 29.4. The molecule has 15 nitrogen and oxygen atoms in total. The maximum absolute atomic E-state index is 13.7. The number of rotatable bonds is 13. The molecule has 0 saturated carbocycles. The van der Waals surface area contributed by atoms with Gasteiger partial charge in [-0.15, -0.1) is 0 Å². The molecular formula is C39H37N7O8. The summed E-state index contributed by atoms with van der Waals surface area (Å²) in [5.74, 6) is -0.487. The first-order chi connectivity index (χ1) is 26.4. The van der Waals surface area contributed by atoms with Crippen LogP contribution in [0, 0.1) is 0 Å². The summed E-state index contributed by atoms with van der Waals surface area (Å²) in [6, 6.07) is 23.2. The number of hydrogen-bond acceptors (Lipinski definition) is 9. The molecule has 1 saturated heterocycles. The third-order valence-corrected chi connectivity index (χ3v) is 9.64. The van der Waals surface area contributed by atoms with Crippen molar-refractivity contribution in [2.75, 3.05) is 59.7 Å². The maximum Gasteiger partial charge on any atom is 0.409 e. The van der Waals surface area contributed by atoms with Crippen molar-refractivity contribution in [2.24, 2.45) is 5.11 Å². The van der Waals surface area contributed by atoms with Crippen molar-refractivity contribution in [3.8, 4) is 28.2 Å². The van der Waals surface area contributed by atoms with Crippen LogP contribution in [0.3, 0.4) is 0 Å². The molecule has 0 unspecified atom stereocenters. The lowest BCUT2D eigenvalue weighted by molar-refractivity contribution is -0.128. The SMILES string of the molecule is COc1ccc(-c2ccc(CNC(=O)COCCN=[N+]=[N-])o2)c2[nH]cc(C(=O)C(=O)N3CCN(C(=O)OCC4c5ccccc5-c5ccccc54)CC3)c12. The maximum atomic E-state index is 13.7. The number of carbonyl (C=O) groups excluding carboxylic acids is 4. The Morgan fingerprint density at radius 2 is 1.63 bits per heavy atom. The average molecular weight is 732 g/mol. The van der Waals surface area contributed by atoms with Crippen LogP contribution in [0.15, 0.2) is 88.5 Å². The van der Waals surface area contributed by atoms with Crippen molar-refractivity contribution in [1.29, 1.82) is 0 Å². The first kappa shape index (κ1) is 35.8. The normalized spacial score (nSPS) is 13.6. The minimum Gasteiger partial charge on any atom is -0.496 e. The topological polar surface area (TPSA) is 192 Å². The van der Waals surface area contributed by atoms with Gasteiger partial charge >= 0.3 is 6.09 Å². The highest BCUT2D eigenvalue weighted by Gasteiger charge is 2.33. The van der Waals surface area contributed by atoms with Crippen molar-refractivity contribution in [3.05, 3.63) is 112 Å². The highest BCUT2D eigenvalue weighted by Crippen LogP contribution is 2.44. The van der Waals surface area contributed by atoms with Gasteiger partial charge in [-0.05, 0) is 52.1 Å². The highest BCUT2D eigenvalue weighted by molar-refractivity contribution is 6.45. The summed E-state index contributed by atoms with van der Waals surface area (Å²) in [6.45, 7) is 1.16. The van der Waals surface area contributed by atoms with Gasteiger partial charge in [0.1, 0.15) is 30.5 Å². The lowest BCUT2D eigenvalue weighted by Crippen LogP contribution is -2.52. The van der Waals surface area contributed by atoms with E-state index in [-0.39, 0.29) is 76.5 Å². The second kappa shape index (κ2) is 16.0. The summed E-state index contributed by atoms with van der Waals surface area (Å²) in [7, 11) is 1.48. The lowest BCUT2D eigenvalue weighted by atomic mass is 9.98. The van der Waals surface area contributed by atoms with Gasteiger partial charge in [-0.2, -0.15) is 0 Å². The van der Waals surface area contributed by atoms with Crippen LogP contribution in [0.1, 0.15) is 33.2 Å². The number of azide groups is 1. The largest absolute Gasteiger partial charge is 0.496 e. The molecule has 1 aliphatic heterocycles. The Morgan fingerprint density at radius 3 is 2.33 bits per heavy atom. The number of Topliss-reactive ketones (excluding diaryl/α,β-unsaturated/α-hetero) is 1. The van der Waals surface area contributed by atoms with Crippen LogP contribution < -0.4 is 10.1 Å². The molecule has 0 radical (unpaired) electrons. The number of nitrogens with one attached hydrogen (secondary N) is 2. The number of H-pyrrole nitrogens is 1. The van der Waals surface area contributed by atoms with Crippen LogP contribution in [-0.2, 0) is 25.6 Å². The number of nitrogens with zero attached hydrogens (tertiary/aromatic N) is 5. The molecule has 0 spiro atoms. The number of ketones is 1. The standard InChI is InChI=1S/C39H37N7O8/c1-51-33-13-11-29(32-12-10-24(54-32)20-41-34(47)23-52-19-14-43-44-40)36-35(33)30(21-42-36)37(48)38(49)45-15-17-46(18-16-45)39(50)53-22-31-27-8-4-2-6-25(27)26-7-3-5-9-28(26)31/h2-13,21,31,42H,14-20,22-23H2,1H3,(H,41,47). The molecule has 3 aromatic carbocycles. The minimum atomic E-state index is -0.712. The number of furan rings is 1. The van der Waals surface area contributed by atoms with Gasteiger partial charge in [-0.1, -0.05) is 53.6 Å². The van der Waals surface area contributed by atoms with Gasteiger partial charge in [-0.25, -0.2) is 4.79 Å². The Labute approximate surface area is 309 Å². The van der Waals surface area contributed by atoms with Crippen LogP contribution in [0.25, 0.3) is 43.8 Å². The lowest BCUT2D eigenvalue weighted by Gasteiger charge is -2.34. The van der Waals surface area contributed by atoms with Crippen molar-refractivity contribution in [2.45, 2.75) is 12.5 Å². The quantitative estimate of drug-likeness (QED) is 0.0387. The van der Waals surface area contributed by atoms with Gasteiger partial charge in [0.15, 0.2) is 0 Å². The molecule has 3 heterocycles. The molecule has 7 rings (SSSR count). The van der Waals surface area contributed by atoms with Crippen LogP contribution in [0.4, 0.5) is 4.79 Å². The number of amides is 3. The van der Waals surface area contributed by atoms with Gasteiger partial charge in [-0.3, -0.25) is 14.4 Å². The Hall–Kier alpha value is -6.57. The van der Waals surface area contributed by atoms with E-state index in [1.807, 2.05) is 24.3 Å². The number of benzene rings is 3. The summed E-state index contributed by atoms with van der Waals surface area (Å²) in [4.78, 5) is 61.3. The Balaban J connectivity index is 0.964. The molecule has 2 aromatic heterocycles. The Morgan fingerprint density at radius 1 is 0.926 bits per heavy atom. The number of ether oxygens (including phenoxy) is 3. The second-order valence-electron chi connectivity index (χ2n) is 12.7. The zero-order valence-corrected chi connectivity index (χ0v) is 29.4. The summed E-state index contributed by atoms with van der Waals surface area (Å²) in [5, 5.41) is 6.47. The van der Waals surface area contributed by atoms with E-state index in [9.17, 15) is 19.2 Å². The molecule has 0 atom stereocenters. The average Bonchev–Trinajstić information content (AvgIpc) is 3.95. The van der Waals surface area contributed by atoms with E-state index in [0.717, 1.165) is 22.3 Å². The molecule has 2 aliphatic rings. The molecule has 2 N–H and O–H groups in total. The first-order valence-electron chi connectivity index (χ1n) is 17.4. The Kier molecular flexibility index (Phi) is 10.6. The molecule has 276 valence electrons. The number of fused-ring (bicyclic) bond motifs is 4. The summed E-state index contributed by atoms with van der Waals surface area (Å²) in [6.07, 6.45) is 1.02. The fourth-order valence-electron chi connectivity index (χ4n) is 6.98. The fourth-order valence-corrected chi connectivity index (χ4v) is 6.98. The van der Waals surface area contributed by atoms with Gasteiger partial charge in [0.2, 0.25) is 5.91 Å². The number of carbonyl (C=O) groups is 4. The molecule has 1 fully saturated rings. The third-order valence-electron chi connectivity index (χ3n) is 9.64. The summed E-state index contributed by atoms with van der Waals surface area (Å²) < 4.78 is 22.6.